The van der Waals surface area contributed by atoms with E-state index in [1.54, 1.807) is 31.4 Å². The molecule has 0 unspecified atom stereocenters. The van der Waals surface area contributed by atoms with Crippen molar-refractivity contribution in [3.05, 3.63) is 70.8 Å². The number of likely N-dealkylation sites (tertiary alicyclic amines) is 1. The van der Waals surface area contributed by atoms with E-state index in [1.807, 2.05) is 31.2 Å². The number of rotatable bonds is 6. The molecule has 146 valence electrons. The molecule has 6 heteroatoms. The molecule has 0 aromatic heterocycles. The summed E-state index contributed by atoms with van der Waals surface area (Å²) in [5, 5.41) is 10.9. The highest BCUT2D eigenvalue weighted by Gasteiger charge is 2.45. The van der Waals surface area contributed by atoms with Gasteiger partial charge < -0.3 is 19.5 Å². The molecule has 1 atom stereocenters. The average molecular weight is 381 g/mol. The van der Waals surface area contributed by atoms with Crippen molar-refractivity contribution in [1.29, 1.82) is 0 Å². The number of ether oxygens (including phenoxy) is 2. The summed E-state index contributed by atoms with van der Waals surface area (Å²) in [4.78, 5) is 26.9. The smallest absolute Gasteiger partial charge is 0.295 e. The second-order valence-corrected chi connectivity index (χ2v) is 6.62. The van der Waals surface area contributed by atoms with Crippen LogP contribution in [-0.4, -0.2) is 49.1 Å². The number of benzene rings is 2. The van der Waals surface area contributed by atoms with Gasteiger partial charge in [-0.3, -0.25) is 9.59 Å². The normalized spacial score (nSPS) is 18.5. The maximum absolute atomic E-state index is 12.8. The van der Waals surface area contributed by atoms with Gasteiger partial charge in [0.2, 0.25) is 0 Å². The van der Waals surface area contributed by atoms with Crippen molar-refractivity contribution in [2.75, 3.05) is 27.4 Å². The first-order valence-electron chi connectivity index (χ1n) is 8.96. The Hall–Kier alpha value is -3.12. The first kappa shape index (κ1) is 19.6. The van der Waals surface area contributed by atoms with Gasteiger partial charge in [0.25, 0.3) is 11.7 Å². The number of ketones is 1. The molecule has 1 aliphatic heterocycles. The maximum atomic E-state index is 12.8. The second kappa shape index (κ2) is 8.27. The number of aryl methyl sites for hydroxylation is 1. The Morgan fingerprint density at radius 1 is 1.04 bits per heavy atom. The van der Waals surface area contributed by atoms with Crippen LogP contribution in [0.2, 0.25) is 0 Å². The Balaban J connectivity index is 2.12. The van der Waals surface area contributed by atoms with Gasteiger partial charge in [-0.25, -0.2) is 0 Å². The van der Waals surface area contributed by atoms with Gasteiger partial charge in [-0.1, -0.05) is 29.8 Å². The second-order valence-electron chi connectivity index (χ2n) is 6.62. The van der Waals surface area contributed by atoms with Crippen LogP contribution in [0.25, 0.3) is 5.76 Å². The Kier molecular flexibility index (Phi) is 5.80. The molecule has 1 N–H and O–H groups in total. The van der Waals surface area contributed by atoms with E-state index in [1.165, 1.54) is 12.0 Å². The molecule has 0 bridgehead atoms. The fourth-order valence-corrected chi connectivity index (χ4v) is 3.30. The van der Waals surface area contributed by atoms with E-state index in [-0.39, 0.29) is 24.5 Å². The zero-order valence-electron chi connectivity index (χ0n) is 16.1. The number of Topliss-reactive ketones (excluding diaryl/α,β-unsaturated/α-hetero) is 1. The fourth-order valence-electron chi connectivity index (χ4n) is 3.30. The zero-order valence-corrected chi connectivity index (χ0v) is 16.1. The summed E-state index contributed by atoms with van der Waals surface area (Å²) in [7, 11) is 3.09. The molecule has 2 aromatic carbocycles. The number of methoxy groups -OCH3 is 2. The molecule has 0 radical (unpaired) electrons. The number of carbonyl (C=O) groups is 2. The first-order chi connectivity index (χ1) is 13.5. The van der Waals surface area contributed by atoms with E-state index in [0.717, 1.165) is 11.1 Å². The molecular formula is C22H23NO5. The maximum Gasteiger partial charge on any atom is 0.295 e. The summed E-state index contributed by atoms with van der Waals surface area (Å²) in [6.45, 7) is 2.50. The summed E-state index contributed by atoms with van der Waals surface area (Å²) >= 11 is 0. The Morgan fingerprint density at radius 2 is 1.68 bits per heavy atom. The third kappa shape index (κ3) is 3.64. The standard InChI is InChI=1S/C22H23NO5/c1-14-4-6-15(7-5-14)19-18(21(25)22(26)23(19)12-13-27-2)20(24)16-8-10-17(28-3)11-9-16/h4-11,19,24H,12-13H2,1-3H3/t19-/m1/s1. The van der Waals surface area contributed by atoms with Crippen molar-refractivity contribution in [2.24, 2.45) is 0 Å². The number of amides is 1. The van der Waals surface area contributed by atoms with Crippen molar-refractivity contribution in [3.63, 3.8) is 0 Å². The van der Waals surface area contributed by atoms with Crippen molar-refractivity contribution in [2.45, 2.75) is 13.0 Å². The van der Waals surface area contributed by atoms with Crippen LogP contribution in [0.4, 0.5) is 0 Å². The number of carbonyl (C=O) groups excluding carboxylic acids is 2. The van der Waals surface area contributed by atoms with Crippen LogP contribution in [0.5, 0.6) is 5.75 Å². The quantitative estimate of drug-likeness (QED) is 0.473. The van der Waals surface area contributed by atoms with Crippen LogP contribution in [0, 0.1) is 6.92 Å². The third-order valence-corrected chi connectivity index (χ3v) is 4.83. The van der Waals surface area contributed by atoms with Gasteiger partial charge in [-0.05, 0) is 36.8 Å². The number of aliphatic hydroxyl groups is 1. The minimum Gasteiger partial charge on any atom is -0.507 e. The molecule has 0 spiro atoms. The number of hydrogen-bond acceptors (Lipinski definition) is 5. The van der Waals surface area contributed by atoms with E-state index in [2.05, 4.69) is 0 Å². The van der Waals surface area contributed by atoms with Gasteiger partial charge in [0, 0.05) is 19.2 Å². The molecule has 0 aliphatic carbocycles. The highest BCUT2D eigenvalue weighted by atomic mass is 16.5. The van der Waals surface area contributed by atoms with Gasteiger partial charge in [-0.2, -0.15) is 0 Å². The molecule has 28 heavy (non-hydrogen) atoms. The van der Waals surface area contributed by atoms with Gasteiger partial charge >= 0.3 is 0 Å². The third-order valence-electron chi connectivity index (χ3n) is 4.83. The minimum absolute atomic E-state index is 0.0788. The van der Waals surface area contributed by atoms with Crippen molar-refractivity contribution >= 4 is 17.4 Å². The lowest BCUT2D eigenvalue weighted by Crippen LogP contribution is -2.32. The van der Waals surface area contributed by atoms with Crippen LogP contribution in [0.3, 0.4) is 0 Å². The number of nitrogens with zero attached hydrogens (tertiary/aromatic N) is 1. The fraction of sp³-hybridized carbons (Fsp3) is 0.273. The topological polar surface area (TPSA) is 76.1 Å². The molecule has 1 heterocycles. The predicted octanol–water partition coefficient (Wildman–Crippen LogP) is 3.07. The Morgan fingerprint density at radius 3 is 2.25 bits per heavy atom. The van der Waals surface area contributed by atoms with Gasteiger partial charge in [0.05, 0.1) is 25.3 Å². The molecule has 1 saturated heterocycles. The first-order valence-corrected chi connectivity index (χ1v) is 8.96. The minimum atomic E-state index is -0.699. The highest BCUT2D eigenvalue weighted by Crippen LogP contribution is 2.39. The van der Waals surface area contributed by atoms with Gasteiger partial charge in [-0.15, -0.1) is 0 Å². The summed E-state index contributed by atoms with van der Waals surface area (Å²) in [5.74, 6) is -0.911. The van der Waals surface area contributed by atoms with Crippen molar-refractivity contribution < 1.29 is 24.2 Å². The zero-order chi connectivity index (χ0) is 20.3. The monoisotopic (exact) mass is 381 g/mol. The largest absolute Gasteiger partial charge is 0.507 e. The van der Waals surface area contributed by atoms with Crippen LogP contribution < -0.4 is 4.74 Å². The van der Waals surface area contributed by atoms with E-state index >= 15 is 0 Å². The Bertz CT molecular complexity index is 900. The summed E-state index contributed by atoms with van der Waals surface area (Å²) in [6.07, 6.45) is 0. The summed E-state index contributed by atoms with van der Waals surface area (Å²) in [6, 6.07) is 13.6. The van der Waals surface area contributed by atoms with Crippen LogP contribution >= 0.6 is 0 Å². The SMILES string of the molecule is COCCN1C(=O)C(=O)C(=C(O)c2ccc(OC)cc2)[C@H]1c1ccc(C)cc1. The van der Waals surface area contributed by atoms with E-state index in [0.29, 0.717) is 11.3 Å². The highest BCUT2D eigenvalue weighted by molar-refractivity contribution is 6.46. The summed E-state index contributed by atoms with van der Waals surface area (Å²) < 4.78 is 10.2. The molecule has 3 rings (SSSR count). The Labute approximate surface area is 164 Å². The molecule has 2 aromatic rings. The lowest BCUT2D eigenvalue weighted by Gasteiger charge is -2.25. The summed E-state index contributed by atoms with van der Waals surface area (Å²) in [5.41, 5.74) is 2.35. The molecule has 1 amide bonds. The number of aliphatic hydroxyl groups excluding tert-OH is 1. The van der Waals surface area contributed by atoms with Crippen LogP contribution in [0.1, 0.15) is 22.7 Å². The van der Waals surface area contributed by atoms with Crippen LogP contribution in [0.15, 0.2) is 54.1 Å². The van der Waals surface area contributed by atoms with Gasteiger partial charge in [0.1, 0.15) is 11.5 Å². The van der Waals surface area contributed by atoms with Crippen molar-refractivity contribution in [3.8, 4) is 5.75 Å². The lowest BCUT2D eigenvalue weighted by atomic mass is 9.94. The van der Waals surface area contributed by atoms with Crippen molar-refractivity contribution in [1.82, 2.24) is 4.90 Å². The molecule has 0 saturated carbocycles. The number of hydrogen-bond donors (Lipinski definition) is 1. The van der Waals surface area contributed by atoms with Crippen LogP contribution in [-0.2, 0) is 14.3 Å². The average Bonchev–Trinajstić information content (AvgIpc) is 2.97. The molecule has 6 nitrogen and oxygen atoms in total. The van der Waals surface area contributed by atoms with E-state index in [4.69, 9.17) is 9.47 Å². The van der Waals surface area contributed by atoms with Gasteiger partial charge in [0.15, 0.2) is 0 Å². The molecular weight excluding hydrogens is 358 g/mol. The van der Waals surface area contributed by atoms with E-state index < -0.39 is 17.7 Å². The predicted molar refractivity (Wildman–Crippen MR) is 105 cm³/mol. The van der Waals surface area contributed by atoms with E-state index in [9.17, 15) is 14.7 Å². The molecule has 1 aliphatic rings. The molecule has 1 fully saturated rings. The lowest BCUT2D eigenvalue weighted by molar-refractivity contribution is -0.140.